The number of carbonyl (C=O) groups is 2. The number of para-hydroxylation sites is 2. The second-order valence-corrected chi connectivity index (χ2v) is 10.9. The van der Waals surface area contributed by atoms with Crippen LogP contribution in [0.3, 0.4) is 0 Å². The fourth-order valence-corrected chi connectivity index (χ4v) is 4.83. The predicted molar refractivity (Wildman–Crippen MR) is 137 cm³/mol. The Labute approximate surface area is 211 Å². The summed E-state index contributed by atoms with van der Waals surface area (Å²) >= 11 is 0. The Bertz CT molecular complexity index is 1330. The van der Waals surface area contributed by atoms with E-state index in [1.54, 1.807) is 47.4 Å². The molecule has 8 nitrogen and oxygen atoms in total. The summed E-state index contributed by atoms with van der Waals surface area (Å²) in [5, 5.41) is 2.89. The lowest BCUT2D eigenvalue weighted by atomic mass is 10.1. The smallest absolute Gasteiger partial charge is 0.263 e. The number of benzene rings is 3. The average Bonchev–Trinajstić information content (AvgIpc) is 2.90. The first-order valence-electron chi connectivity index (χ1n) is 11.6. The standard InChI is InChI=1S/C27H29N3O5S/c1-29(2)36(33,34)22-15-12-20(13-16-22)14-17-26(31)30-19-25(35-24-11-7-6-10-23(24)30)27(32)28-18-21-8-4-3-5-9-21/h3-13,15-16,25H,14,17-19H2,1-2H3,(H,28,32). The highest BCUT2D eigenvalue weighted by molar-refractivity contribution is 7.89. The van der Waals surface area contributed by atoms with Crippen LogP contribution >= 0.6 is 0 Å². The number of hydrogen-bond acceptors (Lipinski definition) is 5. The van der Waals surface area contributed by atoms with Gasteiger partial charge in [0.05, 0.1) is 17.1 Å². The van der Waals surface area contributed by atoms with Crippen LogP contribution in [0.4, 0.5) is 5.69 Å². The first-order valence-corrected chi connectivity index (χ1v) is 13.1. The molecule has 188 valence electrons. The summed E-state index contributed by atoms with van der Waals surface area (Å²) in [6.07, 6.45) is -0.194. The Balaban J connectivity index is 1.42. The molecule has 3 aromatic carbocycles. The molecule has 1 atom stereocenters. The normalized spacial score (nSPS) is 15.2. The number of carbonyl (C=O) groups excluding carboxylic acids is 2. The maximum absolute atomic E-state index is 13.2. The molecule has 0 saturated carbocycles. The van der Waals surface area contributed by atoms with Crippen molar-refractivity contribution in [3.63, 3.8) is 0 Å². The number of fused-ring (bicyclic) bond motifs is 1. The average molecular weight is 508 g/mol. The maximum atomic E-state index is 13.2. The van der Waals surface area contributed by atoms with E-state index in [2.05, 4.69) is 5.32 Å². The van der Waals surface area contributed by atoms with Gasteiger partial charge in [0.25, 0.3) is 5.91 Å². The Morgan fingerprint density at radius 3 is 2.31 bits per heavy atom. The molecule has 36 heavy (non-hydrogen) atoms. The van der Waals surface area contributed by atoms with Crippen molar-refractivity contribution in [3.05, 3.63) is 90.0 Å². The molecule has 0 bridgehead atoms. The van der Waals surface area contributed by atoms with E-state index in [4.69, 9.17) is 4.74 Å². The van der Waals surface area contributed by atoms with Crippen molar-refractivity contribution < 1.29 is 22.7 Å². The molecule has 0 spiro atoms. The first kappa shape index (κ1) is 25.4. The monoisotopic (exact) mass is 507 g/mol. The van der Waals surface area contributed by atoms with Gasteiger partial charge in [-0.15, -0.1) is 0 Å². The molecule has 3 aromatic rings. The van der Waals surface area contributed by atoms with E-state index in [0.717, 1.165) is 15.4 Å². The zero-order valence-electron chi connectivity index (χ0n) is 20.3. The van der Waals surface area contributed by atoms with Gasteiger partial charge in [-0.2, -0.15) is 0 Å². The summed E-state index contributed by atoms with van der Waals surface area (Å²) in [5.41, 5.74) is 2.45. The van der Waals surface area contributed by atoms with Crippen LogP contribution in [0.2, 0.25) is 0 Å². The van der Waals surface area contributed by atoms with E-state index < -0.39 is 16.1 Å². The van der Waals surface area contributed by atoms with Gasteiger partial charge in [0.2, 0.25) is 15.9 Å². The van der Waals surface area contributed by atoms with Crippen molar-refractivity contribution in [1.29, 1.82) is 0 Å². The van der Waals surface area contributed by atoms with E-state index in [-0.39, 0.29) is 29.7 Å². The molecule has 0 aromatic heterocycles. The van der Waals surface area contributed by atoms with Gasteiger partial charge < -0.3 is 15.0 Å². The van der Waals surface area contributed by atoms with Gasteiger partial charge in [0.15, 0.2) is 6.10 Å². The number of hydrogen-bond donors (Lipinski definition) is 1. The van der Waals surface area contributed by atoms with Crippen LogP contribution in [-0.2, 0) is 32.6 Å². The molecule has 0 radical (unpaired) electrons. The Morgan fingerprint density at radius 2 is 1.61 bits per heavy atom. The number of sulfonamides is 1. The zero-order chi connectivity index (χ0) is 25.7. The number of ether oxygens (including phenoxy) is 1. The molecule has 2 amide bonds. The lowest BCUT2D eigenvalue weighted by Gasteiger charge is -2.34. The highest BCUT2D eigenvalue weighted by Crippen LogP contribution is 2.33. The number of anilines is 1. The molecular weight excluding hydrogens is 478 g/mol. The third-order valence-electron chi connectivity index (χ3n) is 6.01. The van der Waals surface area contributed by atoms with Crippen LogP contribution < -0.4 is 15.0 Å². The van der Waals surface area contributed by atoms with Gasteiger partial charge in [-0.3, -0.25) is 9.59 Å². The molecule has 1 aliphatic rings. The van der Waals surface area contributed by atoms with Crippen molar-refractivity contribution >= 4 is 27.5 Å². The van der Waals surface area contributed by atoms with Crippen LogP contribution in [-0.4, -0.2) is 51.3 Å². The van der Waals surface area contributed by atoms with Crippen LogP contribution in [0.25, 0.3) is 0 Å². The topological polar surface area (TPSA) is 96.0 Å². The molecule has 0 fully saturated rings. The number of rotatable bonds is 8. The predicted octanol–water partition coefficient (Wildman–Crippen LogP) is 2.98. The number of nitrogens with one attached hydrogen (secondary N) is 1. The van der Waals surface area contributed by atoms with Crippen molar-refractivity contribution in [2.75, 3.05) is 25.5 Å². The SMILES string of the molecule is CN(C)S(=O)(=O)c1ccc(CCC(=O)N2CC(C(=O)NCc3ccccc3)Oc3ccccc32)cc1. The summed E-state index contributed by atoms with van der Waals surface area (Å²) in [7, 11) is -0.539. The summed E-state index contributed by atoms with van der Waals surface area (Å²) in [6, 6.07) is 23.3. The number of nitrogens with zero attached hydrogens (tertiary/aromatic N) is 2. The lowest BCUT2D eigenvalue weighted by molar-refractivity contribution is -0.128. The molecular formula is C27H29N3O5S. The van der Waals surface area contributed by atoms with Gasteiger partial charge in [-0.1, -0.05) is 54.6 Å². The van der Waals surface area contributed by atoms with Gasteiger partial charge in [0, 0.05) is 27.1 Å². The third kappa shape index (κ3) is 5.75. The van der Waals surface area contributed by atoms with Crippen molar-refractivity contribution in [2.24, 2.45) is 0 Å². The minimum Gasteiger partial charge on any atom is -0.477 e. The Kier molecular flexibility index (Phi) is 7.71. The molecule has 1 unspecified atom stereocenters. The van der Waals surface area contributed by atoms with Gasteiger partial charge >= 0.3 is 0 Å². The molecule has 1 N–H and O–H groups in total. The van der Waals surface area contributed by atoms with Gasteiger partial charge in [0.1, 0.15) is 5.75 Å². The second-order valence-electron chi connectivity index (χ2n) is 8.71. The fourth-order valence-electron chi connectivity index (χ4n) is 3.93. The lowest BCUT2D eigenvalue weighted by Crippen LogP contribution is -2.50. The van der Waals surface area contributed by atoms with E-state index in [0.29, 0.717) is 24.4 Å². The van der Waals surface area contributed by atoms with Gasteiger partial charge in [-0.25, -0.2) is 12.7 Å². The van der Waals surface area contributed by atoms with Gasteiger partial charge in [-0.05, 0) is 41.8 Å². The van der Waals surface area contributed by atoms with Crippen molar-refractivity contribution in [1.82, 2.24) is 9.62 Å². The zero-order valence-corrected chi connectivity index (χ0v) is 21.1. The largest absolute Gasteiger partial charge is 0.477 e. The third-order valence-corrected chi connectivity index (χ3v) is 7.84. The first-order chi connectivity index (χ1) is 17.3. The van der Waals surface area contributed by atoms with E-state index in [9.17, 15) is 18.0 Å². The Hall–Kier alpha value is -3.69. The fraction of sp³-hybridized carbons (Fsp3) is 0.259. The molecule has 4 rings (SSSR count). The van der Waals surface area contributed by atoms with Crippen LogP contribution in [0.15, 0.2) is 83.8 Å². The van der Waals surface area contributed by atoms with Crippen LogP contribution in [0.5, 0.6) is 5.75 Å². The van der Waals surface area contributed by atoms with Crippen LogP contribution in [0, 0.1) is 0 Å². The van der Waals surface area contributed by atoms with E-state index in [1.807, 2.05) is 36.4 Å². The van der Waals surface area contributed by atoms with Crippen molar-refractivity contribution in [3.8, 4) is 5.75 Å². The summed E-state index contributed by atoms with van der Waals surface area (Å²) in [5.74, 6) is 0.0515. The molecule has 0 aliphatic carbocycles. The number of amides is 2. The molecule has 9 heteroatoms. The maximum Gasteiger partial charge on any atom is 0.263 e. The highest BCUT2D eigenvalue weighted by Gasteiger charge is 2.33. The van der Waals surface area contributed by atoms with Crippen LogP contribution in [0.1, 0.15) is 17.5 Å². The second kappa shape index (κ2) is 10.9. The number of aryl methyl sites for hydroxylation is 1. The minimum atomic E-state index is -3.51. The molecule has 1 heterocycles. The Morgan fingerprint density at radius 1 is 0.944 bits per heavy atom. The summed E-state index contributed by atoms with van der Waals surface area (Å²) in [4.78, 5) is 27.9. The summed E-state index contributed by atoms with van der Waals surface area (Å²) in [6.45, 7) is 0.477. The van der Waals surface area contributed by atoms with E-state index in [1.165, 1.54) is 14.1 Å². The highest BCUT2D eigenvalue weighted by atomic mass is 32.2. The van der Waals surface area contributed by atoms with Crippen molar-refractivity contribution in [2.45, 2.75) is 30.4 Å². The minimum absolute atomic E-state index is 0.108. The van der Waals surface area contributed by atoms with E-state index >= 15 is 0 Å². The summed E-state index contributed by atoms with van der Waals surface area (Å²) < 4.78 is 31.6. The molecule has 1 aliphatic heterocycles. The molecule has 0 saturated heterocycles. The quantitative estimate of drug-likeness (QED) is 0.506.